The van der Waals surface area contributed by atoms with E-state index in [-0.39, 0.29) is 23.7 Å². The zero-order chi connectivity index (χ0) is 18.1. The standard InChI is InChI=1S/C15H18F3N3O2S/c1-8(2)13(22)21(9(3)4)7-10-5-6-11(24-10)12-19-14(23-20-12)15(16,17)18/h5-6,8-9H,7H2,1-4H3. The minimum absolute atomic E-state index is 0.0208. The Morgan fingerprint density at radius 1 is 1.29 bits per heavy atom. The first-order valence-electron chi connectivity index (χ1n) is 7.40. The Kier molecular flexibility index (Phi) is 5.32. The Hall–Kier alpha value is -1.90. The van der Waals surface area contributed by atoms with Gasteiger partial charge in [0.1, 0.15) is 0 Å². The van der Waals surface area contributed by atoms with E-state index in [1.807, 2.05) is 27.7 Å². The predicted molar refractivity (Wildman–Crippen MR) is 83.1 cm³/mol. The van der Waals surface area contributed by atoms with Gasteiger partial charge in [-0.2, -0.15) is 18.2 Å². The highest BCUT2D eigenvalue weighted by molar-refractivity contribution is 7.15. The molecular weight excluding hydrogens is 343 g/mol. The van der Waals surface area contributed by atoms with E-state index in [9.17, 15) is 18.0 Å². The summed E-state index contributed by atoms with van der Waals surface area (Å²) in [6.07, 6.45) is -4.66. The summed E-state index contributed by atoms with van der Waals surface area (Å²) < 4.78 is 41.8. The Morgan fingerprint density at radius 3 is 2.46 bits per heavy atom. The first-order chi connectivity index (χ1) is 11.1. The van der Waals surface area contributed by atoms with Crippen LogP contribution in [0.5, 0.6) is 0 Å². The fraction of sp³-hybridized carbons (Fsp3) is 0.533. The summed E-state index contributed by atoms with van der Waals surface area (Å²) in [5.41, 5.74) is 0. The Balaban J connectivity index is 2.18. The molecule has 0 saturated carbocycles. The van der Waals surface area contributed by atoms with Gasteiger partial charge >= 0.3 is 12.1 Å². The van der Waals surface area contributed by atoms with Crippen LogP contribution >= 0.6 is 11.3 Å². The zero-order valence-corrected chi connectivity index (χ0v) is 14.5. The number of aromatic nitrogens is 2. The third-order valence-corrected chi connectivity index (χ3v) is 4.34. The van der Waals surface area contributed by atoms with Crippen molar-refractivity contribution in [3.8, 4) is 10.7 Å². The molecule has 2 aromatic rings. The molecule has 0 N–H and O–H groups in total. The number of nitrogens with zero attached hydrogens (tertiary/aromatic N) is 3. The highest BCUT2D eigenvalue weighted by Crippen LogP contribution is 2.32. The summed E-state index contributed by atoms with van der Waals surface area (Å²) in [5.74, 6) is -1.58. The highest BCUT2D eigenvalue weighted by atomic mass is 32.1. The van der Waals surface area contributed by atoms with Gasteiger partial charge in [0.15, 0.2) is 0 Å². The van der Waals surface area contributed by atoms with Crippen molar-refractivity contribution in [3.05, 3.63) is 22.9 Å². The maximum Gasteiger partial charge on any atom is 0.471 e. The van der Waals surface area contributed by atoms with Crippen molar-refractivity contribution in [2.24, 2.45) is 5.92 Å². The Labute approximate surface area is 141 Å². The number of hydrogen-bond donors (Lipinski definition) is 0. The van der Waals surface area contributed by atoms with E-state index >= 15 is 0 Å². The first-order valence-corrected chi connectivity index (χ1v) is 8.21. The lowest BCUT2D eigenvalue weighted by Crippen LogP contribution is -2.38. The van der Waals surface area contributed by atoms with Crippen LogP contribution in [0.1, 0.15) is 38.5 Å². The largest absolute Gasteiger partial charge is 0.471 e. The molecule has 2 aromatic heterocycles. The molecule has 2 rings (SSSR count). The maximum atomic E-state index is 12.5. The number of carbonyl (C=O) groups is 1. The summed E-state index contributed by atoms with van der Waals surface area (Å²) in [5, 5.41) is 3.37. The highest BCUT2D eigenvalue weighted by Gasteiger charge is 2.38. The van der Waals surface area contributed by atoms with Gasteiger partial charge in [0.05, 0.1) is 11.4 Å². The van der Waals surface area contributed by atoms with Gasteiger partial charge in [-0.3, -0.25) is 4.79 Å². The maximum absolute atomic E-state index is 12.5. The summed E-state index contributed by atoms with van der Waals surface area (Å²) in [7, 11) is 0. The number of hydrogen-bond acceptors (Lipinski definition) is 5. The Bertz CT molecular complexity index is 707. The molecule has 9 heteroatoms. The molecule has 0 aromatic carbocycles. The molecule has 0 unspecified atom stereocenters. The molecule has 0 radical (unpaired) electrons. The van der Waals surface area contributed by atoms with Crippen LogP contribution in [-0.2, 0) is 17.5 Å². The summed E-state index contributed by atoms with van der Waals surface area (Å²) in [4.78, 5) is 18.7. The van der Waals surface area contributed by atoms with Crippen molar-refractivity contribution in [1.29, 1.82) is 0 Å². The molecule has 24 heavy (non-hydrogen) atoms. The number of alkyl halides is 3. The van der Waals surface area contributed by atoms with Gasteiger partial charge in [-0.1, -0.05) is 19.0 Å². The average molecular weight is 361 g/mol. The molecule has 0 spiro atoms. The van der Waals surface area contributed by atoms with E-state index in [2.05, 4.69) is 14.7 Å². The number of halogens is 3. The van der Waals surface area contributed by atoms with Crippen LogP contribution in [0.4, 0.5) is 13.2 Å². The van der Waals surface area contributed by atoms with Crippen LogP contribution in [0.15, 0.2) is 16.7 Å². The van der Waals surface area contributed by atoms with Crippen LogP contribution in [0.2, 0.25) is 0 Å². The van der Waals surface area contributed by atoms with Crippen molar-refractivity contribution in [3.63, 3.8) is 0 Å². The molecule has 0 aliphatic heterocycles. The summed E-state index contributed by atoms with van der Waals surface area (Å²) in [6, 6.07) is 3.41. The topological polar surface area (TPSA) is 59.2 Å². The SMILES string of the molecule is CC(C)C(=O)N(Cc1ccc(-c2noc(C(F)(F)F)n2)s1)C(C)C. The van der Waals surface area contributed by atoms with Gasteiger partial charge in [-0.25, -0.2) is 0 Å². The normalized spacial score (nSPS) is 12.2. The number of thiophene rings is 1. The molecule has 5 nitrogen and oxygen atoms in total. The number of carbonyl (C=O) groups excluding carboxylic acids is 1. The quantitative estimate of drug-likeness (QED) is 0.800. The number of amides is 1. The van der Waals surface area contributed by atoms with Crippen molar-refractivity contribution >= 4 is 17.2 Å². The lowest BCUT2D eigenvalue weighted by Gasteiger charge is -2.28. The summed E-state index contributed by atoms with van der Waals surface area (Å²) in [6.45, 7) is 7.89. The molecule has 0 bridgehead atoms. The van der Waals surface area contributed by atoms with Crippen molar-refractivity contribution in [1.82, 2.24) is 15.0 Å². The monoisotopic (exact) mass is 361 g/mol. The van der Waals surface area contributed by atoms with Crippen LogP contribution in [-0.4, -0.2) is 27.0 Å². The third kappa shape index (κ3) is 4.14. The van der Waals surface area contributed by atoms with Gasteiger partial charge in [0.25, 0.3) is 0 Å². The lowest BCUT2D eigenvalue weighted by molar-refractivity contribution is -0.159. The minimum atomic E-state index is -4.66. The number of rotatable bonds is 5. The molecule has 2 heterocycles. The summed E-state index contributed by atoms with van der Waals surface area (Å²) >= 11 is 1.24. The van der Waals surface area contributed by atoms with Crippen molar-refractivity contribution in [2.75, 3.05) is 0 Å². The van der Waals surface area contributed by atoms with E-state index in [4.69, 9.17) is 0 Å². The zero-order valence-electron chi connectivity index (χ0n) is 13.7. The molecule has 0 aliphatic rings. The second-order valence-corrected chi connectivity index (χ2v) is 7.07. The van der Waals surface area contributed by atoms with E-state index < -0.39 is 12.1 Å². The molecule has 0 atom stereocenters. The molecule has 0 fully saturated rings. The first kappa shape index (κ1) is 18.4. The second kappa shape index (κ2) is 6.92. The molecular formula is C15H18F3N3O2S. The molecule has 1 amide bonds. The second-order valence-electron chi connectivity index (χ2n) is 5.90. The van der Waals surface area contributed by atoms with Gasteiger partial charge in [0.2, 0.25) is 11.7 Å². The molecule has 0 aliphatic carbocycles. The van der Waals surface area contributed by atoms with Crippen LogP contribution < -0.4 is 0 Å². The predicted octanol–water partition coefficient (Wildman–Crippen LogP) is 4.21. The van der Waals surface area contributed by atoms with Crippen LogP contribution in [0, 0.1) is 5.92 Å². The van der Waals surface area contributed by atoms with Gasteiger partial charge in [-0.05, 0) is 26.0 Å². The molecule has 132 valence electrons. The Morgan fingerprint density at radius 2 is 1.96 bits per heavy atom. The van der Waals surface area contributed by atoms with E-state index in [0.29, 0.717) is 11.4 Å². The third-order valence-electron chi connectivity index (χ3n) is 3.28. The van der Waals surface area contributed by atoms with Gasteiger partial charge in [0, 0.05) is 16.8 Å². The van der Waals surface area contributed by atoms with E-state index in [1.165, 1.54) is 11.3 Å². The van der Waals surface area contributed by atoms with Crippen molar-refractivity contribution < 1.29 is 22.5 Å². The van der Waals surface area contributed by atoms with E-state index in [1.54, 1.807) is 17.0 Å². The van der Waals surface area contributed by atoms with Gasteiger partial charge < -0.3 is 9.42 Å². The van der Waals surface area contributed by atoms with Gasteiger partial charge in [-0.15, -0.1) is 11.3 Å². The van der Waals surface area contributed by atoms with Crippen LogP contribution in [0.25, 0.3) is 10.7 Å². The fourth-order valence-corrected chi connectivity index (χ4v) is 2.97. The average Bonchev–Trinajstić information content (AvgIpc) is 3.11. The molecule has 0 saturated heterocycles. The van der Waals surface area contributed by atoms with Crippen LogP contribution in [0.3, 0.4) is 0 Å². The lowest BCUT2D eigenvalue weighted by atomic mass is 10.1. The minimum Gasteiger partial charge on any atom is -0.335 e. The van der Waals surface area contributed by atoms with Crippen molar-refractivity contribution in [2.45, 2.75) is 46.5 Å². The fourth-order valence-electron chi connectivity index (χ4n) is 2.04. The van der Waals surface area contributed by atoms with E-state index in [0.717, 1.165) is 4.88 Å². The smallest absolute Gasteiger partial charge is 0.335 e.